The molecule has 7 nitrogen and oxygen atoms in total. The van der Waals surface area contributed by atoms with Gasteiger partial charge in [0, 0.05) is 17.0 Å². The summed E-state index contributed by atoms with van der Waals surface area (Å²) >= 11 is 0. The maximum absolute atomic E-state index is 12.3. The molecule has 168 valence electrons. The third kappa shape index (κ3) is 6.92. The molecule has 0 heterocycles. The van der Waals surface area contributed by atoms with Crippen LogP contribution in [0.1, 0.15) is 71.9 Å². The molecule has 0 spiro atoms. The summed E-state index contributed by atoms with van der Waals surface area (Å²) in [5.41, 5.74) is -0.884. The lowest BCUT2D eigenvalue weighted by Gasteiger charge is -2.21. The minimum Gasteiger partial charge on any atom is -0.382 e. The summed E-state index contributed by atoms with van der Waals surface area (Å²) in [6.45, 7) is 5.62. The van der Waals surface area contributed by atoms with Crippen molar-refractivity contribution in [2.24, 2.45) is 0 Å². The Balaban J connectivity index is 2.38. The fourth-order valence-electron chi connectivity index (χ4n) is 3.26. The van der Waals surface area contributed by atoms with Gasteiger partial charge in [0.25, 0.3) is 0 Å². The molecule has 0 unspecified atom stereocenters. The van der Waals surface area contributed by atoms with E-state index in [4.69, 9.17) is 0 Å². The largest absolute Gasteiger partial charge is 0.382 e. The van der Waals surface area contributed by atoms with Crippen molar-refractivity contribution in [3.05, 3.63) is 70.8 Å². The second-order valence-electron chi connectivity index (χ2n) is 8.75. The molecule has 0 saturated carbocycles. The molecule has 0 radical (unpaired) electrons. The zero-order valence-electron chi connectivity index (χ0n) is 18.1. The maximum Gasteiger partial charge on any atom is 0.325 e. The molecule has 31 heavy (non-hydrogen) atoms. The SMILES string of the molecule is CC(C)(O)C(=O)c1ccc(C(CCP(=O)(O)O)c2ccc(C(=O)C(C)(C)O)cc2)cc1. The van der Waals surface area contributed by atoms with Gasteiger partial charge in [0.05, 0.1) is 6.16 Å². The van der Waals surface area contributed by atoms with E-state index in [-0.39, 0.29) is 18.5 Å². The molecule has 8 heteroatoms. The lowest BCUT2D eigenvalue weighted by Crippen LogP contribution is -2.31. The van der Waals surface area contributed by atoms with Crippen molar-refractivity contribution in [3.63, 3.8) is 0 Å². The van der Waals surface area contributed by atoms with Crippen LogP contribution in [-0.2, 0) is 4.57 Å². The van der Waals surface area contributed by atoms with Crippen LogP contribution in [-0.4, -0.2) is 48.9 Å². The molecule has 0 fully saturated rings. The second kappa shape index (κ2) is 9.15. The van der Waals surface area contributed by atoms with E-state index in [2.05, 4.69) is 0 Å². The van der Waals surface area contributed by atoms with Crippen molar-refractivity contribution < 1.29 is 34.2 Å². The van der Waals surface area contributed by atoms with Gasteiger partial charge in [-0.05, 0) is 45.2 Å². The Hall–Kier alpha value is -2.15. The van der Waals surface area contributed by atoms with Gasteiger partial charge in [-0.15, -0.1) is 0 Å². The van der Waals surface area contributed by atoms with Crippen molar-refractivity contribution in [1.29, 1.82) is 0 Å². The Morgan fingerprint density at radius 3 is 1.35 bits per heavy atom. The highest BCUT2D eigenvalue weighted by atomic mass is 31.2. The lowest BCUT2D eigenvalue weighted by atomic mass is 9.86. The number of carbonyl (C=O) groups is 2. The third-order valence-electron chi connectivity index (χ3n) is 4.97. The molecule has 0 saturated heterocycles. The molecule has 0 aliphatic heterocycles. The predicted octanol–water partition coefficient (Wildman–Crippen LogP) is 3.29. The molecule has 0 bridgehead atoms. The first-order valence-corrected chi connectivity index (χ1v) is 11.7. The van der Waals surface area contributed by atoms with Crippen LogP contribution in [0.5, 0.6) is 0 Å². The normalized spacial score (nSPS) is 12.8. The average molecular weight is 448 g/mol. The van der Waals surface area contributed by atoms with Gasteiger partial charge in [-0.2, -0.15) is 0 Å². The van der Waals surface area contributed by atoms with Gasteiger partial charge < -0.3 is 20.0 Å². The van der Waals surface area contributed by atoms with Crippen LogP contribution in [0.4, 0.5) is 0 Å². The number of ketones is 2. The predicted molar refractivity (Wildman–Crippen MR) is 118 cm³/mol. The van der Waals surface area contributed by atoms with Crippen LogP contribution < -0.4 is 0 Å². The van der Waals surface area contributed by atoms with Gasteiger partial charge in [-0.1, -0.05) is 48.5 Å². The number of aliphatic hydroxyl groups is 2. The van der Waals surface area contributed by atoms with Crippen molar-refractivity contribution in [2.75, 3.05) is 6.16 Å². The molecule has 4 N–H and O–H groups in total. The molecular formula is C23H29O7P. The number of rotatable bonds is 9. The molecule has 0 aromatic heterocycles. The second-order valence-corrected chi connectivity index (χ2v) is 10.5. The number of hydrogen-bond acceptors (Lipinski definition) is 5. The number of benzene rings is 2. The van der Waals surface area contributed by atoms with Crippen LogP contribution in [0.2, 0.25) is 0 Å². The monoisotopic (exact) mass is 448 g/mol. The van der Waals surface area contributed by atoms with Crippen LogP contribution in [0.25, 0.3) is 0 Å². The Kier molecular flexibility index (Phi) is 7.41. The molecular weight excluding hydrogens is 419 g/mol. The highest BCUT2D eigenvalue weighted by Gasteiger charge is 2.27. The van der Waals surface area contributed by atoms with Gasteiger partial charge in [0.1, 0.15) is 11.2 Å². The van der Waals surface area contributed by atoms with Gasteiger partial charge >= 0.3 is 7.60 Å². The van der Waals surface area contributed by atoms with Crippen molar-refractivity contribution in [3.8, 4) is 0 Å². The first-order valence-electron chi connectivity index (χ1n) is 9.88. The van der Waals surface area contributed by atoms with Crippen LogP contribution in [0.3, 0.4) is 0 Å². The van der Waals surface area contributed by atoms with E-state index < -0.39 is 30.4 Å². The quantitative estimate of drug-likeness (QED) is 0.342. The zero-order chi connectivity index (χ0) is 23.6. The van der Waals surface area contributed by atoms with E-state index >= 15 is 0 Å². The number of carbonyl (C=O) groups excluding carboxylic acids is 2. The van der Waals surface area contributed by atoms with E-state index in [0.717, 1.165) is 11.1 Å². The van der Waals surface area contributed by atoms with Gasteiger partial charge in [0.15, 0.2) is 11.6 Å². The molecule has 2 aromatic carbocycles. The molecule has 0 aliphatic rings. The van der Waals surface area contributed by atoms with E-state index in [1.165, 1.54) is 27.7 Å². The number of hydrogen-bond donors (Lipinski definition) is 4. The Bertz CT molecular complexity index is 905. The van der Waals surface area contributed by atoms with Crippen molar-refractivity contribution >= 4 is 19.2 Å². The van der Waals surface area contributed by atoms with E-state index in [9.17, 15) is 34.2 Å². The molecule has 0 aliphatic carbocycles. The highest BCUT2D eigenvalue weighted by molar-refractivity contribution is 7.51. The summed E-state index contributed by atoms with van der Waals surface area (Å²) in [7, 11) is -4.23. The summed E-state index contributed by atoms with van der Waals surface area (Å²) in [5, 5.41) is 19.8. The fourth-order valence-corrected chi connectivity index (χ4v) is 3.86. The minimum atomic E-state index is -4.23. The van der Waals surface area contributed by atoms with E-state index in [1.807, 2.05) is 0 Å². The summed E-state index contributed by atoms with van der Waals surface area (Å²) < 4.78 is 11.5. The summed E-state index contributed by atoms with van der Waals surface area (Å²) in [6, 6.07) is 13.1. The first kappa shape index (κ1) is 25.1. The fraction of sp³-hybridized carbons (Fsp3) is 0.391. The van der Waals surface area contributed by atoms with Crippen molar-refractivity contribution in [1.82, 2.24) is 0 Å². The topological polar surface area (TPSA) is 132 Å². The Morgan fingerprint density at radius 1 is 0.774 bits per heavy atom. The summed E-state index contributed by atoms with van der Waals surface area (Å²) in [5.74, 6) is -1.24. The maximum atomic E-state index is 12.3. The van der Waals surface area contributed by atoms with Crippen LogP contribution in [0.15, 0.2) is 48.5 Å². The van der Waals surface area contributed by atoms with Gasteiger partial charge in [-0.3, -0.25) is 14.2 Å². The van der Waals surface area contributed by atoms with Crippen LogP contribution in [0, 0.1) is 0 Å². The van der Waals surface area contributed by atoms with Crippen molar-refractivity contribution in [2.45, 2.75) is 51.2 Å². The Morgan fingerprint density at radius 2 is 1.10 bits per heavy atom. The smallest absolute Gasteiger partial charge is 0.325 e. The average Bonchev–Trinajstić information content (AvgIpc) is 2.65. The molecule has 2 rings (SSSR count). The number of Topliss-reactive ketones (excluding diaryl/α,β-unsaturated/α-hetero) is 2. The molecule has 0 amide bonds. The zero-order valence-corrected chi connectivity index (χ0v) is 19.0. The third-order valence-corrected chi connectivity index (χ3v) is 5.81. The lowest BCUT2D eigenvalue weighted by molar-refractivity contribution is 0.0487. The first-order chi connectivity index (χ1) is 14.1. The minimum absolute atomic E-state index is 0.155. The van der Waals surface area contributed by atoms with E-state index in [1.54, 1.807) is 48.5 Å². The van der Waals surface area contributed by atoms with Gasteiger partial charge in [0.2, 0.25) is 0 Å². The van der Waals surface area contributed by atoms with E-state index in [0.29, 0.717) is 11.1 Å². The Labute approximate surface area is 181 Å². The van der Waals surface area contributed by atoms with Crippen LogP contribution >= 0.6 is 7.60 Å². The highest BCUT2D eigenvalue weighted by Crippen LogP contribution is 2.40. The summed E-state index contributed by atoms with van der Waals surface area (Å²) in [6.07, 6.45) is -0.172. The molecule has 0 atom stereocenters. The standard InChI is InChI=1S/C23H29O7P/c1-22(2,26)20(24)17-9-5-15(6-10-17)19(13-14-31(28,29)30)16-7-11-18(12-8-16)21(25)23(3,4)27/h5-12,19,26-27H,13-14H2,1-4H3,(H2,28,29,30). The summed E-state index contributed by atoms with van der Waals surface area (Å²) in [4.78, 5) is 43.2. The molecule has 2 aromatic rings. The van der Waals surface area contributed by atoms with Gasteiger partial charge in [-0.25, -0.2) is 0 Å².